The Morgan fingerprint density at radius 3 is 2.46 bits per heavy atom. The second kappa shape index (κ2) is 8.33. The first-order valence-corrected chi connectivity index (χ1v) is 9.84. The Morgan fingerprint density at radius 1 is 1.12 bits per heavy atom. The molecule has 0 saturated heterocycles. The van der Waals surface area contributed by atoms with Gasteiger partial charge in [-0.15, -0.1) is 0 Å². The van der Waals surface area contributed by atoms with Crippen LogP contribution in [0.5, 0.6) is 0 Å². The van der Waals surface area contributed by atoms with Crippen molar-refractivity contribution in [2.24, 2.45) is 0 Å². The number of carbonyl (C=O) groups excluding carboxylic acids is 1. The van der Waals surface area contributed by atoms with E-state index >= 15 is 0 Å². The number of hydrogen-bond acceptors (Lipinski definition) is 4. The Hall–Kier alpha value is -2.38. The van der Waals surface area contributed by atoms with E-state index in [0.29, 0.717) is 5.69 Å². The number of para-hydroxylation sites is 1. The standard InChI is InChI=1S/C19H25N3O3S/c1-5-15-9-6-8-14(2)19(15)21-18(23)13-20-16-10-7-11-17(12-16)26(24,25)22(3)4/h6-12,20H,5,13H2,1-4H3,(H,21,23). The summed E-state index contributed by atoms with van der Waals surface area (Å²) in [6.07, 6.45) is 0.829. The Balaban J connectivity index is 2.07. The van der Waals surface area contributed by atoms with Crippen LogP contribution in [0.25, 0.3) is 0 Å². The maximum Gasteiger partial charge on any atom is 0.243 e. The third-order valence-electron chi connectivity index (χ3n) is 4.07. The molecular weight excluding hydrogens is 350 g/mol. The summed E-state index contributed by atoms with van der Waals surface area (Å²) in [7, 11) is -0.543. The fourth-order valence-electron chi connectivity index (χ4n) is 2.55. The monoisotopic (exact) mass is 375 g/mol. The first-order valence-electron chi connectivity index (χ1n) is 8.40. The quantitative estimate of drug-likeness (QED) is 0.780. The summed E-state index contributed by atoms with van der Waals surface area (Å²) in [5.74, 6) is -0.185. The van der Waals surface area contributed by atoms with Gasteiger partial charge in [-0.05, 0) is 42.7 Å². The van der Waals surface area contributed by atoms with E-state index in [-0.39, 0.29) is 17.3 Å². The summed E-state index contributed by atoms with van der Waals surface area (Å²) in [5, 5.41) is 5.91. The number of nitrogens with one attached hydrogen (secondary N) is 2. The van der Waals surface area contributed by atoms with E-state index in [1.807, 2.05) is 32.0 Å². The van der Waals surface area contributed by atoms with Gasteiger partial charge in [-0.3, -0.25) is 4.79 Å². The molecule has 2 aromatic rings. The van der Waals surface area contributed by atoms with Crippen LogP contribution in [0.2, 0.25) is 0 Å². The molecule has 0 radical (unpaired) electrons. The van der Waals surface area contributed by atoms with Crippen molar-refractivity contribution in [2.45, 2.75) is 25.2 Å². The van der Waals surface area contributed by atoms with Crippen molar-refractivity contribution in [3.05, 3.63) is 53.6 Å². The van der Waals surface area contributed by atoms with Gasteiger partial charge in [0.05, 0.1) is 11.4 Å². The molecule has 26 heavy (non-hydrogen) atoms. The maximum atomic E-state index is 12.3. The molecular formula is C19H25N3O3S. The highest BCUT2D eigenvalue weighted by Crippen LogP contribution is 2.21. The number of benzene rings is 2. The number of sulfonamides is 1. The summed E-state index contributed by atoms with van der Waals surface area (Å²) in [4.78, 5) is 12.5. The van der Waals surface area contributed by atoms with Gasteiger partial charge in [-0.1, -0.05) is 31.2 Å². The van der Waals surface area contributed by atoms with Crippen molar-refractivity contribution >= 4 is 27.3 Å². The highest BCUT2D eigenvalue weighted by molar-refractivity contribution is 7.89. The fourth-order valence-corrected chi connectivity index (χ4v) is 3.49. The highest BCUT2D eigenvalue weighted by atomic mass is 32.2. The van der Waals surface area contributed by atoms with Gasteiger partial charge in [0, 0.05) is 25.5 Å². The molecule has 6 nitrogen and oxygen atoms in total. The third-order valence-corrected chi connectivity index (χ3v) is 5.88. The highest BCUT2D eigenvalue weighted by Gasteiger charge is 2.17. The van der Waals surface area contributed by atoms with Crippen LogP contribution in [0.1, 0.15) is 18.1 Å². The molecule has 0 heterocycles. The lowest BCUT2D eigenvalue weighted by Gasteiger charge is -2.15. The van der Waals surface area contributed by atoms with Crippen LogP contribution in [0.4, 0.5) is 11.4 Å². The average molecular weight is 375 g/mol. The van der Waals surface area contributed by atoms with Gasteiger partial charge >= 0.3 is 0 Å². The van der Waals surface area contributed by atoms with Crippen molar-refractivity contribution in [3.63, 3.8) is 0 Å². The van der Waals surface area contributed by atoms with Gasteiger partial charge in [0.2, 0.25) is 15.9 Å². The van der Waals surface area contributed by atoms with Gasteiger partial charge in [0.15, 0.2) is 0 Å². The van der Waals surface area contributed by atoms with Gasteiger partial charge in [0.1, 0.15) is 0 Å². The molecule has 2 N–H and O–H groups in total. The molecule has 140 valence electrons. The molecule has 0 aliphatic heterocycles. The zero-order valence-electron chi connectivity index (χ0n) is 15.5. The van der Waals surface area contributed by atoms with E-state index in [1.54, 1.807) is 12.1 Å². The smallest absolute Gasteiger partial charge is 0.243 e. The molecule has 0 aliphatic rings. The minimum absolute atomic E-state index is 0.0446. The molecule has 0 bridgehead atoms. The predicted molar refractivity (Wildman–Crippen MR) is 105 cm³/mol. The Kier molecular flexibility index (Phi) is 6.39. The van der Waals surface area contributed by atoms with E-state index in [0.717, 1.165) is 27.5 Å². The average Bonchev–Trinajstić information content (AvgIpc) is 2.61. The third kappa shape index (κ3) is 4.62. The van der Waals surface area contributed by atoms with Gasteiger partial charge < -0.3 is 10.6 Å². The lowest BCUT2D eigenvalue weighted by atomic mass is 10.1. The van der Waals surface area contributed by atoms with Crippen molar-refractivity contribution in [1.29, 1.82) is 0 Å². The Bertz CT molecular complexity index is 893. The van der Waals surface area contributed by atoms with Crippen molar-refractivity contribution < 1.29 is 13.2 Å². The molecule has 7 heteroatoms. The molecule has 2 aromatic carbocycles. The predicted octanol–water partition coefficient (Wildman–Crippen LogP) is 2.86. The van der Waals surface area contributed by atoms with Crippen LogP contribution < -0.4 is 10.6 Å². The maximum absolute atomic E-state index is 12.3. The largest absolute Gasteiger partial charge is 0.376 e. The van der Waals surface area contributed by atoms with E-state index in [1.165, 1.54) is 26.2 Å². The first kappa shape index (κ1) is 19.9. The van der Waals surface area contributed by atoms with Gasteiger partial charge in [-0.2, -0.15) is 0 Å². The Morgan fingerprint density at radius 2 is 1.81 bits per heavy atom. The molecule has 1 amide bonds. The lowest BCUT2D eigenvalue weighted by Crippen LogP contribution is -2.24. The fraction of sp³-hybridized carbons (Fsp3) is 0.316. The molecule has 0 spiro atoms. The molecule has 0 unspecified atom stereocenters. The number of hydrogen-bond donors (Lipinski definition) is 2. The Labute approximate surface area is 155 Å². The van der Waals surface area contributed by atoms with Crippen LogP contribution in [-0.2, 0) is 21.2 Å². The van der Waals surface area contributed by atoms with E-state index < -0.39 is 10.0 Å². The van der Waals surface area contributed by atoms with Crippen LogP contribution in [0.3, 0.4) is 0 Å². The second-order valence-electron chi connectivity index (χ2n) is 6.18. The molecule has 0 aliphatic carbocycles. The molecule has 2 rings (SSSR count). The lowest BCUT2D eigenvalue weighted by molar-refractivity contribution is -0.114. The molecule has 0 aromatic heterocycles. The van der Waals surface area contributed by atoms with Crippen LogP contribution >= 0.6 is 0 Å². The summed E-state index contributed by atoms with van der Waals surface area (Å²) in [5.41, 5.74) is 3.50. The second-order valence-corrected chi connectivity index (χ2v) is 8.33. The van der Waals surface area contributed by atoms with Crippen molar-refractivity contribution in [3.8, 4) is 0 Å². The minimum atomic E-state index is -3.51. The van der Waals surface area contributed by atoms with E-state index in [2.05, 4.69) is 10.6 Å². The molecule has 0 saturated carbocycles. The number of aryl methyl sites for hydroxylation is 2. The zero-order valence-corrected chi connectivity index (χ0v) is 16.4. The summed E-state index contributed by atoms with van der Waals surface area (Å²) in [6, 6.07) is 12.3. The zero-order chi connectivity index (χ0) is 19.3. The van der Waals surface area contributed by atoms with Gasteiger partial charge in [0.25, 0.3) is 0 Å². The molecule has 0 fully saturated rings. The van der Waals surface area contributed by atoms with Crippen LogP contribution in [0.15, 0.2) is 47.4 Å². The van der Waals surface area contributed by atoms with Crippen LogP contribution in [0, 0.1) is 6.92 Å². The number of amides is 1. The summed E-state index contributed by atoms with van der Waals surface area (Å²) in [6.45, 7) is 4.04. The normalized spacial score (nSPS) is 11.4. The summed E-state index contributed by atoms with van der Waals surface area (Å²) < 4.78 is 25.5. The minimum Gasteiger partial charge on any atom is -0.376 e. The molecule has 0 atom stereocenters. The van der Waals surface area contributed by atoms with E-state index in [9.17, 15) is 13.2 Å². The van der Waals surface area contributed by atoms with Gasteiger partial charge in [-0.25, -0.2) is 12.7 Å². The number of nitrogens with zero attached hydrogens (tertiary/aromatic N) is 1. The SMILES string of the molecule is CCc1cccc(C)c1NC(=O)CNc1cccc(S(=O)(=O)N(C)C)c1. The van der Waals surface area contributed by atoms with Crippen LogP contribution in [-0.4, -0.2) is 39.3 Å². The van der Waals surface area contributed by atoms with Crippen molar-refractivity contribution in [2.75, 3.05) is 31.3 Å². The van der Waals surface area contributed by atoms with Crippen molar-refractivity contribution in [1.82, 2.24) is 4.31 Å². The topological polar surface area (TPSA) is 78.5 Å². The number of anilines is 2. The first-order chi connectivity index (χ1) is 12.3. The number of carbonyl (C=O) groups is 1. The number of rotatable bonds is 7. The van der Waals surface area contributed by atoms with E-state index in [4.69, 9.17) is 0 Å². The summed E-state index contributed by atoms with van der Waals surface area (Å²) >= 11 is 0.